The van der Waals surface area contributed by atoms with E-state index in [-0.39, 0.29) is 5.78 Å². The molecule has 0 aliphatic rings. The Morgan fingerprint density at radius 2 is 2.07 bits per heavy atom. The third-order valence-electron chi connectivity index (χ3n) is 2.18. The Bertz CT molecular complexity index is 380. The molecule has 1 aromatic carbocycles. The van der Waals surface area contributed by atoms with Crippen LogP contribution in [0.3, 0.4) is 0 Å². The summed E-state index contributed by atoms with van der Waals surface area (Å²) in [5.74, 6) is 0.0455. The molecular formula is C12H14ClFO. The quantitative estimate of drug-likeness (QED) is 0.772. The van der Waals surface area contributed by atoms with E-state index in [1.54, 1.807) is 18.2 Å². The van der Waals surface area contributed by atoms with Gasteiger partial charge in [-0.15, -0.1) is 0 Å². The minimum atomic E-state index is -1.40. The molecule has 0 bridgehead atoms. The number of hydrogen-bond donors (Lipinski definition) is 0. The van der Waals surface area contributed by atoms with Crippen LogP contribution in [0.1, 0.15) is 31.9 Å². The maximum absolute atomic E-state index is 13.6. The van der Waals surface area contributed by atoms with Gasteiger partial charge in [-0.05, 0) is 38.0 Å². The Balaban J connectivity index is 3.03. The SMILES string of the molecule is CC(=O)Cc1ccc(C(C)(C)F)cc1Cl. The monoisotopic (exact) mass is 228 g/mol. The normalized spacial score (nSPS) is 11.5. The number of halogens is 2. The summed E-state index contributed by atoms with van der Waals surface area (Å²) in [7, 11) is 0. The highest BCUT2D eigenvalue weighted by Gasteiger charge is 2.19. The van der Waals surface area contributed by atoms with E-state index >= 15 is 0 Å². The molecule has 0 N–H and O–H groups in total. The molecule has 0 heterocycles. The summed E-state index contributed by atoms with van der Waals surface area (Å²) in [5, 5.41) is 0.452. The number of rotatable bonds is 3. The third kappa shape index (κ3) is 3.31. The zero-order valence-corrected chi connectivity index (χ0v) is 9.86. The highest BCUT2D eigenvalue weighted by molar-refractivity contribution is 6.31. The van der Waals surface area contributed by atoms with Crippen LogP contribution in [0.2, 0.25) is 5.02 Å². The molecular weight excluding hydrogens is 215 g/mol. The summed E-state index contributed by atoms with van der Waals surface area (Å²) < 4.78 is 13.6. The first-order valence-corrected chi connectivity index (χ1v) is 5.16. The lowest BCUT2D eigenvalue weighted by Crippen LogP contribution is -2.09. The van der Waals surface area contributed by atoms with E-state index in [1.165, 1.54) is 20.8 Å². The minimum Gasteiger partial charge on any atom is -0.300 e. The van der Waals surface area contributed by atoms with E-state index in [0.717, 1.165) is 5.56 Å². The van der Waals surface area contributed by atoms with Crippen molar-refractivity contribution in [3.05, 3.63) is 34.3 Å². The number of carbonyl (C=O) groups is 1. The van der Waals surface area contributed by atoms with Gasteiger partial charge in [-0.3, -0.25) is 4.79 Å². The number of Topliss-reactive ketones (excluding diaryl/α,β-unsaturated/α-hetero) is 1. The fourth-order valence-corrected chi connectivity index (χ4v) is 1.58. The fourth-order valence-electron chi connectivity index (χ4n) is 1.33. The molecule has 0 aliphatic carbocycles. The summed E-state index contributed by atoms with van der Waals surface area (Å²) in [4.78, 5) is 10.9. The number of ketones is 1. The standard InChI is InChI=1S/C12H14ClFO/c1-8(15)6-9-4-5-10(7-11(9)13)12(2,3)14/h4-5,7H,6H2,1-3H3. The van der Waals surface area contributed by atoms with Crippen molar-refractivity contribution in [2.45, 2.75) is 32.9 Å². The molecule has 0 saturated heterocycles. The van der Waals surface area contributed by atoms with Gasteiger partial charge in [-0.2, -0.15) is 0 Å². The molecule has 0 spiro atoms. The van der Waals surface area contributed by atoms with Crippen molar-refractivity contribution in [3.63, 3.8) is 0 Å². The van der Waals surface area contributed by atoms with Crippen LogP contribution in [-0.4, -0.2) is 5.78 Å². The van der Waals surface area contributed by atoms with Gasteiger partial charge in [0.05, 0.1) is 0 Å². The zero-order chi connectivity index (χ0) is 11.6. The Morgan fingerprint density at radius 3 is 2.47 bits per heavy atom. The maximum atomic E-state index is 13.6. The molecule has 0 aromatic heterocycles. The lowest BCUT2D eigenvalue weighted by Gasteiger charge is -2.15. The van der Waals surface area contributed by atoms with Crippen LogP contribution in [0.15, 0.2) is 18.2 Å². The van der Waals surface area contributed by atoms with Crippen molar-refractivity contribution in [3.8, 4) is 0 Å². The predicted octanol–water partition coefficient (Wildman–Crippen LogP) is 3.68. The second-order valence-corrected chi connectivity index (χ2v) is 4.56. The molecule has 0 saturated carbocycles. The van der Waals surface area contributed by atoms with Crippen LogP contribution >= 0.6 is 11.6 Å². The molecule has 1 aromatic rings. The molecule has 0 amide bonds. The summed E-state index contributed by atoms with van der Waals surface area (Å²) in [6.45, 7) is 4.45. The van der Waals surface area contributed by atoms with Crippen molar-refractivity contribution < 1.29 is 9.18 Å². The van der Waals surface area contributed by atoms with Gasteiger partial charge in [0.15, 0.2) is 0 Å². The molecule has 0 radical (unpaired) electrons. The van der Waals surface area contributed by atoms with Crippen molar-refractivity contribution in [1.29, 1.82) is 0 Å². The number of alkyl halides is 1. The van der Waals surface area contributed by atoms with Gasteiger partial charge < -0.3 is 0 Å². The minimum absolute atomic E-state index is 0.0455. The molecule has 0 aliphatic heterocycles. The van der Waals surface area contributed by atoms with E-state index in [4.69, 9.17) is 11.6 Å². The van der Waals surface area contributed by atoms with Crippen LogP contribution in [0.5, 0.6) is 0 Å². The molecule has 15 heavy (non-hydrogen) atoms. The zero-order valence-electron chi connectivity index (χ0n) is 9.10. The summed E-state index contributed by atoms with van der Waals surface area (Å²) >= 11 is 5.96. The van der Waals surface area contributed by atoms with E-state index < -0.39 is 5.67 Å². The lowest BCUT2D eigenvalue weighted by atomic mass is 9.98. The summed E-state index contributed by atoms with van der Waals surface area (Å²) in [5.41, 5.74) is -0.129. The second kappa shape index (κ2) is 4.31. The largest absolute Gasteiger partial charge is 0.300 e. The van der Waals surface area contributed by atoms with Gasteiger partial charge in [0.1, 0.15) is 11.5 Å². The first-order valence-electron chi connectivity index (χ1n) is 4.78. The maximum Gasteiger partial charge on any atom is 0.134 e. The molecule has 1 rings (SSSR count). The van der Waals surface area contributed by atoms with Crippen LogP contribution in [0.25, 0.3) is 0 Å². The Kier molecular flexibility index (Phi) is 3.50. The molecule has 82 valence electrons. The van der Waals surface area contributed by atoms with Gasteiger partial charge in [0.2, 0.25) is 0 Å². The number of hydrogen-bond acceptors (Lipinski definition) is 1. The molecule has 0 fully saturated rings. The molecule has 0 unspecified atom stereocenters. The topological polar surface area (TPSA) is 17.1 Å². The average molecular weight is 229 g/mol. The Labute approximate surface area is 94.3 Å². The van der Waals surface area contributed by atoms with Gasteiger partial charge in [0, 0.05) is 11.4 Å². The first kappa shape index (κ1) is 12.2. The summed E-state index contributed by atoms with van der Waals surface area (Å²) in [6, 6.07) is 4.96. The average Bonchev–Trinajstić information content (AvgIpc) is 2.05. The van der Waals surface area contributed by atoms with E-state index in [0.29, 0.717) is 17.0 Å². The van der Waals surface area contributed by atoms with Gasteiger partial charge in [0.25, 0.3) is 0 Å². The third-order valence-corrected chi connectivity index (χ3v) is 2.53. The van der Waals surface area contributed by atoms with Crippen molar-refractivity contribution >= 4 is 17.4 Å². The van der Waals surface area contributed by atoms with Crippen molar-refractivity contribution in [2.24, 2.45) is 0 Å². The van der Waals surface area contributed by atoms with Crippen LogP contribution in [0, 0.1) is 0 Å². The smallest absolute Gasteiger partial charge is 0.134 e. The van der Waals surface area contributed by atoms with Gasteiger partial charge >= 0.3 is 0 Å². The van der Waals surface area contributed by atoms with Gasteiger partial charge in [-0.1, -0.05) is 23.7 Å². The van der Waals surface area contributed by atoms with E-state index in [9.17, 15) is 9.18 Å². The number of benzene rings is 1. The molecule has 1 nitrogen and oxygen atoms in total. The van der Waals surface area contributed by atoms with Crippen LogP contribution in [0.4, 0.5) is 4.39 Å². The van der Waals surface area contributed by atoms with Crippen LogP contribution < -0.4 is 0 Å². The second-order valence-electron chi connectivity index (χ2n) is 4.16. The molecule has 3 heteroatoms. The van der Waals surface area contributed by atoms with Crippen molar-refractivity contribution in [2.75, 3.05) is 0 Å². The fraction of sp³-hybridized carbons (Fsp3) is 0.417. The number of carbonyl (C=O) groups excluding carboxylic acids is 1. The predicted molar refractivity (Wildman–Crippen MR) is 60.0 cm³/mol. The summed E-state index contributed by atoms with van der Waals surface area (Å²) in [6.07, 6.45) is 0.297. The highest BCUT2D eigenvalue weighted by atomic mass is 35.5. The van der Waals surface area contributed by atoms with E-state index in [2.05, 4.69) is 0 Å². The van der Waals surface area contributed by atoms with Crippen molar-refractivity contribution in [1.82, 2.24) is 0 Å². The Morgan fingerprint density at radius 1 is 1.47 bits per heavy atom. The van der Waals surface area contributed by atoms with Crippen LogP contribution in [-0.2, 0) is 16.9 Å². The van der Waals surface area contributed by atoms with Gasteiger partial charge in [-0.25, -0.2) is 4.39 Å². The Hall–Kier alpha value is -0.890. The lowest BCUT2D eigenvalue weighted by molar-refractivity contribution is -0.116. The van der Waals surface area contributed by atoms with E-state index in [1.807, 2.05) is 0 Å². The first-order chi connectivity index (χ1) is 6.80. The highest BCUT2D eigenvalue weighted by Crippen LogP contribution is 2.28. The molecule has 0 atom stereocenters.